The third kappa shape index (κ3) is 1.66. The quantitative estimate of drug-likeness (QED) is 0.541. The molecule has 1 aliphatic heterocycles. The van der Waals surface area contributed by atoms with Gasteiger partial charge in [-0.15, -0.1) is 0 Å². The molecule has 0 spiro atoms. The Kier molecular flexibility index (Phi) is 3.17. The van der Waals surface area contributed by atoms with E-state index in [9.17, 15) is 0 Å². The summed E-state index contributed by atoms with van der Waals surface area (Å²) in [7, 11) is 3.35. The number of rotatable bonds is 0. The molecule has 0 saturated carbocycles. The van der Waals surface area contributed by atoms with Crippen LogP contribution in [0.15, 0.2) is 17.0 Å². The number of nitrogens with one attached hydrogen (secondary N) is 1. The summed E-state index contributed by atoms with van der Waals surface area (Å²) in [6.07, 6.45) is 0. The highest BCUT2D eigenvalue weighted by atomic mass is 35.5. The van der Waals surface area contributed by atoms with Gasteiger partial charge in [-0.1, -0.05) is 11.6 Å². The lowest BCUT2D eigenvalue weighted by molar-refractivity contribution is 0.824. The number of anilines is 1. The Morgan fingerprint density at radius 1 is 1.42 bits per heavy atom. The second kappa shape index (κ2) is 3.79. The Morgan fingerprint density at radius 3 is 2.92 bits per heavy atom. The maximum absolute atomic E-state index is 5.88. The van der Waals surface area contributed by atoms with Gasteiger partial charge in [0.15, 0.2) is 0 Å². The van der Waals surface area contributed by atoms with Gasteiger partial charge >= 0.3 is 0 Å². The van der Waals surface area contributed by atoms with Gasteiger partial charge in [-0.05, 0) is 35.4 Å². The molecule has 0 fully saturated rings. The minimum Gasteiger partial charge on any atom is -0.412 e. The van der Waals surface area contributed by atoms with E-state index in [1.165, 1.54) is 16.1 Å². The van der Waals surface area contributed by atoms with Gasteiger partial charge in [0.1, 0.15) is 0 Å². The van der Waals surface area contributed by atoms with Crippen molar-refractivity contribution in [2.24, 2.45) is 0 Å². The second-order valence-electron chi connectivity index (χ2n) is 2.36. The summed E-state index contributed by atoms with van der Waals surface area (Å²) in [4.78, 5) is 1.24. The van der Waals surface area contributed by atoms with E-state index in [-0.39, 0.29) is 5.48 Å². The summed E-state index contributed by atoms with van der Waals surface area (Å²) in [5, 5.41) is 0.818. The van der Waals surface area contributed by atoms with Gasteiger partial charge in [-0.25, -0.2) is 0 Å². The molecular weight excluding hydrogens is 214 g/mol. The van der Waals surface area contributed by atoms with Crippen LogP contribution in [0.4, 0.5) is 5.69 Å². The van der Waals surface area contributed by atoms with Crippen molar-refractivity contribution in [1.82, 2.24) is 0 Å². The van der Waals surface area contributed by atoms with Gasteiger partial charge in [0.25, 0.3) is 0 Å². The van der Waals surface area contributed by atoms with Crippen molar-refractivity contribution in [2.75, 3.05) is 4.72 Å². The van der Waals surface area contributed by atoms with Crippen LogP contribution in [0, 0.1) is 6.92 Å². The van der Waals surface area contributed by atoms with Crippen LogP contribution in [-0.2, 0) is 0 Å². The number of halogens is 1. The zero-order chi connectivity index (χ0) is 7.84. The minimum absolute atomic E-state index is 0. The smallest absolute Gasteiger partial charge is 0.0624 e. The van der Waals surface area contributed by atoms with E-state index < -0.39 is 0 Å². The Morgan fingerprint density at radius 2 is 2.17 bits per heavy atom. The molecule has 0 aromatic heterocycles. The molecule has 0 bridgehead atoms. The summed E-state index contributed by atoms with van der Waals surface area (Å²) in [6.45, 7) is 2.06. The molecule has 0 radical (unpaired) electrons. The molecule has 2 rings (SSSR count). The molecule has 0 aliphatic carbocycles. The molecule has 1 heterocycles. The summed E-state index contributed by atoms with van der Waals surface area (Å²) in [5.41, 5.74) is 2.43. The standard InChI is InChI=1S/C7H6ClNS2.H2O/c1-4-2-5(8)3-6-7(4)9-11-10-6;/h2-3,9H,1H3;1H2. The lowest BCUT2D eigenvalue weighted by atomic mass is 10.2. The molecule has 5 heteroatoms. The van der Waals surface area contributed by atoms with Gasteiger partial charge in [-0.2, -0.15) is 0 Å². The third-order valence-corrected chi connectivity index (χ3v) is 3.67. The van der Waals surface area contributed by atoms with Gasteiger partial charge in [0, 0.05) is 20.9 Å². The van der Waals surface area contributed by atoms with Gasteiger partial charge in [0.2, 0.25) is 0 Å². The van der Waals surface area contributed by atoms with Crippen LogP contribution in [0.25, 0.3) is 0 Å². The Balaban J connectivity index is 0.000000720. The number of fused-ring (bicyclic) bond motifs is 1. The van der Waals surface area contributed by atoms with Crippen molar-refractivity contribution in [3.05, 3.63) is 22.7 Å². The summed E-state index contributed by atoms with van der Waals surface area (Å²) < 4.78 is 3.22. The first-order chi connectivity index (χ1) is 5.27. The summed E-state index contributed by atoms with van der Waals surface area (Å²) in [6, 6.07) is 3.96. The summed E-state index contributed by atoms with van der Waals surface area (Å²) >= 11 is 5.88. The number of aryl methyl sites for hydroxylation is 1. The topological polar surface area (TPSA) is 43.5 Å². The van der Waals surface area contributed by atoms with Crippen molar-refractivity contribution >= 4 is 39.1 Å². The van der Waals surface area contributed by atoms with E-state index in [2.05, 4.69) is 11.6 Å². The lowest BCUT2D eigenvalue weighted by Gasteiger charge is -2.01. The number of hydrogen-bond acceptors (Lipinski definition) is 3. The molecule has 3 N–H and O–H groups in total. The van der Waals surface area contributed by atoms with E-state index in [0.29, 0.717) is 0 Å². The fourth-order valence-corrected chi connectivity index (χ4v) is 3.41. The zero-order valence-corrected chi connectivity index (χ0v) is 8.74. The predicted molar refractivity (Wildman–Crippen MR) is 56.9 cm³/mol. The molecule has 12 heavy (non-hydrogen) atoms. The van der Waals surface area contributed by atoms with Crippen molar-refractivity contribution in [1.29, 1.82) is 0 Å². The zero-order valence-electron chi connectivity index (χ0n) is 6.35. The molecule has 1 aromatic rings. The molecule has 1 aromatic carbocycles. The van der Waals surface area contributed by atoms with E-state index in [1.807, 2.05) is 12.1 Å². The Labute approximate surface area is 83.9 Å². The van der Waals surface area contributed by atoms with Crippen molar-refractivity contribution in [3.63, 3.8) is 0 Å². The first-order valence-electron chi connectivity index (χ1n) is 3.17. The Bertz CT molecular complexity index is 306. The number of benzene rings is 1. The average Bonchev–Trinajstić information content (AvgIpc) is 2.34. The molecule has 0 atom stereocenters. The van der Waals surface area contributed by atoms with Gasteiger partial charge in [-0.3, -0.25) is 0 Å². The van der Waals surface area contributed by atoms with Crippen LogP contribution in [0.5, 0.6) is 0 Å². The lowest BCUT2D eigenvalue weighted by Crippen LogP contribution is -1.83. The van der Waals surface area contributed by atoms with Gasteiger partial charge in [0.05, 0.1) is 5.69 Å². The van der Waals surface area contributed by atoms with Gasteiger partial charge < -0.3 is 10.2 Å². The molecule has 0 amide bonds. The third-order valence-electron chi connectivity index (χ3n) is 1.54. The number of hydrogen-bond donors (Lipinski definition) is 1. The SMILES string of the molecule is Cc1cc(Cl)cc2c1NSS2.O. The fourth-order valence-electron chi connectivity index (χ4n) is 1.02. The second-order valence-corrected chi connectivity index (χ2v) is 4.78. The van der Waals surface area contributed by atoms with Crippen LogP contribution in [-0.4, -0.2) is 5.48 Å². The van der Waals surface area contributed by atoms with Crippen molar-refractivity contribution < 1.29 is 5.48 Å². The molecular formula is C7H8ClNOS2. The highest BCUT2D eigenvalue weighted by Crippen LogP contribution is 2.46. The van der Waals surface area contributed by atoms with E-state index >= 15 is 0 Å². The molecule has 0 saturated heterocycles. The first kappa shape index (κ1) is 10.1. The maximum atomic E-state index is 5.88. The summed E-state index contributed by atoms with van der Waals surface area (Å²) in [5.74, 6) is 0. The minimum atomic E-state index is 0. The average molecular weight is 222 g/mol. The fraction of sp³-hybridized carbons (Fsp3) is 0.143. The van der Waals surface area contributed by atoms with Crippen molar-refractivity contribution in [2.45, 2.75) is 11.8 Å². The molecule has 66 valence electrons. The normalized spacial score (nSPS) is 13.2. The highest BCUT2D eigenvalue weighted by Gasteiger charge is 2.14. The van der Waals surface area contributed by atoms with Crippen LogP contribution in [0.2, 0.25) is 5.02 Å². The van der Waals surface area contributed by atoms with Crippen molar-refractivity contribution in [3.8, 4) is 0 Å². The predicted octanol–water partition coefficient (Wildman–Crippen LogP) is 2.90. The van der Waals surface area contributed by atoms with E-state index in [0.717, 1.165) is 5.02 Å². The molecule has 1 aliphatic rings. The maximum Gasteiger partial charge on any atom is 0.0624 e. The Hall–Kier alpha value is -0.0300. The molecule has 0 unspecified atom stereocenters. The highest BCUT2D eigenvalue weighted by molar-refractivity contribution is 8.77. The van der Waals surface area contributed by atoms with Crippen LogP contribution in [0.3, 0.4) is 0 Å². The van der Waals surface area contributed by atoms with Crippen LogP contribution < -0.4 is 4.72 Å². The first-order valence-corrected chi connectivity index (χ1v) is 5.70. The van der Waals surface area contributed by atoms with E-state index in [1.54, 1.807) is 21.8 Å². The largest absolute Gasteiger partial charge is 0.412 e. The van der Waals surface area contributed by atoms with E-state index in [4.69, 9.17) is 11.6 Å². The molecule has 2 nitrogen and oxygen atoms in total. The monoisotopic (exact) mass is 221 g/mol. The van der Waals surface area contributed by atoms with Crippen LogP contribution >= 0.6 is 33.4 Å². The van der Waals surface area contributed by atoms with Crippen LogP contribution in [0.1, 0.15) is 5.56 Å².